The van der Waals surface area contributed by atoms with Crippen LogP contribution in [0.1, 0.15) is 24.8 Å². The van der Waals surface area contributed by atoms with Crippen LogP contribution in [0.15, 0.2) is 18.2 Å². The van der Waals surface area contributed by atoms with Crippen molar-refractivity contribution in [2.75, 3.05) is 4.90 Å². The number of para-hydroxylation sites is 1. The molecule has 2 aliphatic rings. The second kappa shape index (κ2) is 4.47. The van der Waals surface area contributed by atoms with Crippen LogP contribution < -0.4 is 4.90 Å². The highest BCUT2D eigenvalue weighted by Gasteiger charge is 2.50. The molecular weight excluding hydrogens is 260 g/mol. The number of carboxylic acids is 1. The maximum atomic E-state index is 11.3. The van der Waals surface area contributed by atoms with Crippen molar-refractivity contribution in [1.29, 1.82) is 0 Å². The van der Waals surface area contributed by atoms with Gasteiger partial charge in [-0.3, -0.25) is 14.9 Å². The number of carbonyl (C=O) groups is 1. The third kappa shape index (κ3) is 1.75. The minimum Gasteiger partial charge on any atom is -0.481 e. The Labute approximate surface area is 116 Å². The van der Waals surface area contributed by atoms with Crippen molar-refractivity contribution in [3.8, 4) is 0 Å². The lowest BCUT2D eigenvalue weighted by atomic mass is 9.89. The minimum absolute atomic E-state index is 0.107. The topological polar surface area (TPSA) is 83.7 Å². The molecule has 1 aromatic carbocycles. The molecule has 2 aliphatic heterocycles. The highest BCUT2D eigenvalue weighted by atomic mass is 16.6. The van der Waals surface area contributed by atoms with E-state index < -0.39 is 11.9 Å². The van der Waals surface area contributed by atoms with Gasteiger partial charge in [0, 0.05) is 17.6 Å². The molecule has 2 fully saturated rings. The zero-order chi connectivity index (χ0) is 14.4. The number of nitrogens with zero attached hydrogens (tertiary/aromatic N) is 2. The zero-order valence-corrected chi connectivity index (χ0v) is 11.2. The third-order valence-corrected chi connectivity index (χ3v) is 4.53. The summed E-state index contributed by atoms with van der Waals surface area (Å²) in [5.41, 5.74) is 1.30. The fourth-order valence-corrected chi connectivity index (χ4v) is 3.72. The Morgan fingerprint density at radius 3 is 2.80 bits per heavy atom. The van der Waals surface area contributed by atoms with E-state index in [2.05, 4.69) is 0 Å². The predicted octanol–water partition coefficient (Wildman–Crippen LogP) is 2.35. The number of nitro benzene ring substituents is 1. The van der Waals surface area contributed by atoms with E-state index in [0.29, 0.717) is 17.7 Å². The fourth-order valence-electron chi connectivity index (χ4n) is 3.72. The largest absolute Gasteiger partial charge is 0.481 e. The Morgan fingerprint density at radius 2 is 2.20 bits per heavy atom. The van der Waals surface area contributed by atoms with Crippen molar-refractivity contribution in [3.05, 3.63) is 33.9 Å². The van der Waals surface area contributed by atoms with E-state index in [-0.39, 0.29) is 22.7 Å². The van der Waals surface area contributed by atoms with Crippen LogP contribution in [-0.4, -0.2) is 28.1 Å². The fraction of sp³-hybridized carbons (Fsp3) is 0.500. The van der Waals surface area contributed by atoms with Crippen LogP contribution in [0.4, 0.5) is 11.4 Å². The Bertz CT molecular complexity index is 587. The summed E-state index contributed by atoms with van der Waals surface area (Å²) in [6, 6.07) is 5.25. The number of hydrogen-bond acceptors (Lipinski definition) is 4. The number of benzene rings is 1. The normalized spacial score (nSPS) is 27.9. The van der Waals surface area contributed by atoms with Gasteiger partial charge in [-0.25, -0.2) is 0 Å². The van der Waals surface area contributed by atoms with Gasteiger partial charge in [0.1, 0.15) is 5.69 Å². The molecule has 6 heteroatoms. The van der Waals surface area contributed by atoms with Gasteiger partial charge < -0.3 is 10.0 Å². The average Bonchev–Trinajstić information content (AvgIpc) is 2.95. The van der Waals surface area contributed by atoms with Gasteiger partial charge >= 0.3 is 5.97 Å². The Morgan fingerprint density at radius 1 is 1.45 bits per heavy atom. The quantitative estimate of drug-likeness (QED) is 0.676. The maximum absolute atomic E-state index is 11.3. The smallest absolute Gasteiger partial charge is 0.308 e. The molecule has 3 rings (SSSR count). The third-order valence-electron chi connectivity index (χ3n) is 4.53. The van der Waals surface area contributed by atoms with Crippen LogP contribution in [0.25, 0.3) is 0 Å². The van der Waals surface area contributed by atoms with E-state index >= 15 is 0 Å². The molecule has 0 aliphatic carbocycles. The van der Waals surface area contributed by atoms with Gasteiger partial charge in [-0.05, 0) is 32.3 Å². The molecular formula is C14H16N2O4. The first kappa shape index (κ1) is 12.9. The molecule has 2 bridgehead atoms. The molecule has 3 unspecified atom stereocenters. The first-order valence-electron chi connectivity index (χ1n) is 6.76. The van der Waals surface area contributed by atoms with Gasteiger partial charge in [-0.15, -0.1) is 0 Å². The van der Waals surface area contributed by atoms with Crippen molar-refractivity contribution < 1.29 is 14.8 Å². The molecule has 0 radical (unpaired) electrons. The van der Waals surface area contributed by atoms with E-state index in [1.165, 1.54) is 0 Å². The molecule has 0 aromatic heterocycles. The zero-order valence-electron chi connectivity index (χ0n) is 11.2. The SMILES string of the molecule is Cc1cccc(N2C3CCC2C(C(=O)O)C3)c1[N+](=O)[O-]. The number of aryl methyl sites for hydroxylation is 1. The second-order valence-corrected chi connectivity index (χ2v) is 5.59. The molecule has 0 saturated carbocycles. The summed E-state index contributed by atoms with van der Waals surface area (Å²) in [4.78, 5) is 24.2. The minimum atomic E-state index is -0.794. The van der Waals surface area contributed by atoms with Gasteiger partial charge in [-0.2, -0.15) is 0 Å². The van der Waals surface area contributed by atoms with E-state index in [9.17, 15) is 20.0 Å². The van der Waals surface area contributed by atoms with Crippen LogP contribution in [0.2, 0.25) is 0 Å². The van der Waals surface area contributed by atoms with E-state index in [4.69, 9.17) is 0 Å². The monoisotopic (exact) mass is 276 g/mol. The van der Waals surface area contributed by atoms with E-state index in [1.54, 1.807) is 25.1 Å². The Kier molecular flexibility index (Phi) is 2.88. The van der Waals surface area contributed by atoms with Crippen molar-refractivity contribution in [3.63, 3.8) is 0 Å². The summed E-state index contributed by atoms with van der Waals surface area (Å²) in [7, 11) is 0. The van der Waals surface area contributed by atoms with E-state index in [0.717, 1.165) is 12.8 Å². The highest BCUT2D eigenvalue weighted by Crippen LogP contribution is 2.47. The van der Waals surface area contributed by atoms with Gasteiger partial charge in [0.05, 0.1) is 10.8 Å². The highest BCUT2D eigenvalue weighted by molar-refractivity contribution is 5.76. The number of nitro groups is 1. The van der Waals surface area contributed by atoms with Gasteiger partial charge in [-0.1, -0.05) is 12.1 Å². The summed E-state index contributed by atoms with van der Waals surface area (Å²) in [5, 5.41) is 20.6. The van der Waals surface area contributed by atoms with Crippen molar-refractivity contribution in [2.24, 2.45) is 5.92 Å². The standard InChI is InChI=1S/C14H16N2O4/c1-8-3-2-4-12(13(8)16(19)20)15-9-5-6-11(15)10(7-9)14(17)18/h2-4,9-11H,5-7H2,1H3,(H,17,18). The number of hydrogen-bond donors (Lipinski definition) is 1. The van der Waals surface area contributed by atoms with Crippen LogP contribution in [0.5, 0.6) is 0 Å². The summed E-state index contributed by atoms with van der Waals surface area (Å²) in [5.74, 6) is -1.20. The first-order chi connectivity index (χ1) is 9.50. The first-order valence-corrected chi connectivity index (χ1v) is 6.76. The molecule has 106 valence electrons. The van der Waals surface area contributed by atoms with Crippen LogP contribution in [-0.2, 0) is 4.79 Å². The molecule has 1 aromatic rings. The molecule has 0 spiro atoms. The maximum Gasteiger partial charge on any atom is 0.308 e. The number of carboxylic acid groups (broad SMARTS) is 1. The molecule has 20 heavy (non-hydrogen) atoms. The predicted molar refractivity (Wildman–Crippen MR) is 72.9 cm³/mol. The number of anilines is 1. The van der Waals surface area contributed by atoms with Crippen LogP contribution in [0.3, 0.4) is 0 Å². The lowest BCUT2D eigenvalue weighted by Crippen LogP contribution is -2.33. The molecule has 2 heterocycles. The number of rotatable bonds is 3. The summed E-state index contributed by atoms with van der Waals surface area (Å²) < 4.78 is 0. The summed E-state index contributed by atoms with van der Waals surface area (Å²) in [6.07, 6.45) is 2.30. The molecule has 6 nitrogen and oxygen atoms in total. The second-order valence-electron chi connectivity index (χ2n) is 5.59. The Hall–Kier alpha value is -2.11. The van der Waals surface area contributed by atoms with Crippen LogP contribution >= 0.6 is 0 Å². The molecule has 3 atom stereocenters. The average molecular weight is 276 g/mol. The Balaban J connectivity index is 2.05. The van der Waals surface area contributed by atoms with Gasteiger partial charge in [0.25, 0.3) is 5.69 Å². The van der Waals surface area contributed by atoms with Crippen molar-refractivity contribution in [1.82, 2.24) is 0 Å². The summed E-state index contributed by atoms with van der Waals surface area (Å²) >= 11 is 0. The van der Waals surface area contributed by atoms with Crippen LogP contribution in [0, 0.1) is 23.0 Å². The lowest BCUT2D eigenvalue weighted by molar-refractivity contribution is -0.384. The number of fused-ring (bicyclic) bond motifs is 2. The van der Waals surface area contributed by atoms with Crippen molar-refractivity contribution >= 4 is 17.3 Å². The number of aliphatic carboxylic acids is 1. The molecule has 2 saturated heterocycles. The van der Waals surface area contributed by atoms with Gasteiger partial charge in [0.15, 0.2) is 0 Å². The van der Waals surface area contributed by atoms with Gasteiger partial charge in [0.2, 0.25) is 0 Å². The van der Waals surface area contributed by atoms with Crippen molar-refractivity contribution in [2.45, 2.75) is 38.3 Å². The molecule has 1 N–H and O–H groups in total. The lowest BCUT2D eigenvalue weighted by Gasteiger charge is -2.25. The van der Waals surface area contributed by atoms with E-state index in [1.807, 2.05) is 4.90 Å². The molecule has 0 amide bonds. The summed E-state index contributed by atoms with van der Waals surface area (Å²) in [6.45, 7) is 1.72.